The molecule has 2 atom stereocenters. The predicted molar refractivity (Wildman–Crippen MR) is 146 cm³/mol. The quantitative estimate of drug-likeness (QED) is 0.340. The van der Waals surface area contributed by atoms with Crippen LogP contribution in [0.25, 0.3) is 23.0 Å². The summed E-state index contributed by atoms with van der Waals surface area (Å²) in [4.78, 5) is 0. The Morgan fingerprint density at radius 3 is 2.71 bits per heavy atom. The Hall–Kier alpha value is -3.34. The molecule has 4 rings (SSSR count). The van der Waals surface area contributed by atoms with Gasteiger partial charge in [-0.1, -0.05) is 56.9 Å². The van der Waals surface area contributed by atoms with E-state index >= 15 is 0 Å². The summed E-state index contributed by atoms with van der Waals surface area (Å²) in [6.07, 6.45) is 6.67. The first-order valence-corrected chi connectivity index (χ1v) is 12.3. The third-order valence-corrected chi connectivity index (χ3v) is 6.56. The van der Waals surface area contributed by atoms with E-state index in [2.05, 4.69) is 73.4 Å². The van der Waals surface area contributed by atoms with Crippen LogP contribution < -0.4 is 5.32 Å². The second-order valence-corrected chi connectivity index (χ2v) is 9.11. The Morgan fingerprint density at radius 1 is 1.24 bits per heavy atom. The first-order chi connectivity index (χ1) is 16.4. The van der Waals surface area contributed by atoms with Crippen molar-refractivity contribution in [2.45, 2.75) is 59.3 Å². The van der Waals surface area contributed by atoms with E-state index in [1.165, 1.54) is 36.1 Å². The fourth-order valence-corrected chi connectivity index (χ4v) is 4.90. The third kappa shape index (κ3) is 5.58. The lowest BCUT2D eigenvalue weighted by Gasteiger charge is -2.09. The van der Waals surface area contributed by atoms with Crippen molar-refractivity contribution >= 4 is 17.6 Å². The first-order valence-electron chi connectivity index (χ1n) is 12.3. The van der Waals surface area contributed by atoms with Crippen LogP contribution in [0.3, 0.4) is 0 Å². The van der Waals surface area contributed by atoms with Crippen LogP contribution in [-0.2, 0) is 7.05 Å². The Kier molecular flexibility index (Phi) is 8.32. The maximum Gasteiger partial charge on any atom is 0.152 e. The fourth-order valence-electron chi connectivity index (χ4n) is 4.90. The summed E-state index contributed by atoms with van der Waals surface area (Å²) in [6.45, 7) is 20.4. The van der Waals surface area contributed by atoms with Gasteiger partial charge in [0.2, 0.25) is 0 Å². The van der Waals surface area contributed by atoms with Gasteiger partial charge in [0.15, 0.2) is 5.82 Å². The van der Waals surface area contributed by atoms with Crippen LogP contribution in [-0.4, -0.2) is 20.0 Å². The predicted octanol–water partition coefficient (Wildman–Crippen LogP) is 7.72. The van der Waals surface area contributed by atoms with Crippen LogP contribution in [0.4, 0.5) is 5.82 Å². The number of aromatic nitrogens is 4. The summed E-state index contributed by atoms with van der Waals surface area (Å²) in [5.41, 5.74) is 8.49. The number of hydrogen-bond acceptors (Lipinski definition) is 3. The molecular formula is C29H39N5. The molecule has 1 aromatic carbocycles. The molecule has 1 aliphatic carbocycles. The zero-order valence-electron chi connectivity index (χ0n) is 21.4. The number of nitrogens with zero attached hydrogens (tertiary/aromatic N) is 3. The number of aryl methyl sites for hydroxylation is 1. The SMILES string of the molecule is C=Cc1cccc(-c2cc(C(=C)Nc3cc(C4CCC(CC(=C)C)C4)[nH]n3)n(C)n2)c1C.CC. The number of allylic oxidation sites excluding steroid dienone is 1. The highest BCUT2D eigenvalue weighted by Crippen LogP contribution is 2.40. The molecule has 1 fully saturated rings. The number of aromatic amines is 1. The van der Waals surface area contributed by atoms with Crippen molar-refractivity contribution in [3.63, 3.8) is 0 Å². The highest BCUT2D eigenvalue weighted by atomic mass is 15.3. The fraction of sp³-hybridized carbons (Fsp3) is 0.379. The topological polar surface area (TPSA) is 58.5 Å². The third-order valence-electron chi connectivity index (χ3n) is 6.56. The molecule has 0 saturated heterocycles. The van der Waals surface area contributed by atoms with Crippen LogP contribution in [0, 0.1) is 12.8 Å². The van der Waals surface area contributed by atoms with Crippen LogP contribution in [0.5, 0.6) is 0 Å². The number of rotatable bonds is 8. The second-order valence-electron chi connectivity index (χ2n) is 9.11. The van der Waals surface area contributed by atoms with Crippen LogP contribution >= 0.6 is 0 Å². The van der Waals surface area contributed by atoms with E-state index in [0.29, 0.717) is 5.92 Å². The zero-order chi connectivity index (χ0) is 24.8. The minimum atomic E-state index is 0.541. The van der Waals surface area contributed by atoms with Crippen molar-refractivity contribution in [1.82, 2.24) is 20.0 Å². The normalized spacial score (nSPS) is 17.1. The summed E-state index contributed by atoms with van der Waals surface area (Å²) >= 11 is 0. The summed E-state index contributed by atoms with van der Waals surface area (Å²) in [5, 5.41) is 15.8. The maximum atomic E-state index is 4.73. The molecule has 0 bridgehead atoms. The van der Waals surface area contributed by atoms with Crippen molar-refractivity contribution in [3.05, 3.63) is 78.2 Å². The molecule has 0 spiro atoms. The van der Waals surface area contributed by atoms with Crippen LogP contribution in [0.15, 0.2) is 55.6 Å². The van der Waals surface area contributed by atoms with Gasteiger partial charge in [0.25, 0.3) is 0 Å². The van der Waals surface area contributed by atoms with Gasteiger partial charge < -0.3 is 5.32 Å². The smallest absolute Gasteiger partial charge is 0.152 e. The van der Waals surface area contributed by atoms with Gasteiger partial charge in [-0.05, 0) is 62.6 Å². The van der Waals surface area contributed by atoms with Crippen molar-refractivity contribution in [2.24, 2.45) is 13.0 Å². The minimum Gasteiger partial charge on any atom is -0.337 e. The molecule has 1 saturated carbocycles. The van der Waals surface area contributed by atoms with E-state index in [1.54, 1.807) is 0 Å². The van der Waals surface area contributed by atoms with Gasteiger partial charge in [-0.3, -0.25) is 9.78 Å². The highest BCUT2D eigenvalue weighted by molar-refractivity contribution is 5.76. The molecule has 5 heteroatoms. The Bertz CT molecular complexity index is 1160. The molecule has 34 heavy (non-hydrogen) atoms. The standard InChI is InChI=1S/C27H33N5.C2H6/c1-7-21-9-8-10-23(18(21)4)25-15-26(32(6)31-25)19(5)28-27-16-24(29-30-27)22-12-11-20(14-22)13-17(2)3;1-2/h7-10,15-16,20,22H,1-2,5,11-14H2,3-4,6H3,(H2,28,29,30);1-2H3. The van der Waals surface area contributed by atoms with Gasteiger partial charge in [0.1, 0.15) is 0 Å². The van der Waals surface area contributed by atoms with E-state index in [0.717, 1.165) is 46.4 Å². The first kappa shape index (κ1) is 25.3. The van der Waals surface area contributed by atoms with E-state index in [-0.39, 0.29) is 0 Å². The largest absolute Gasteiger partial charge is 0.337 e. The molecule has 0 radical (unpaired) electrons. The lowest BCUT2D eigenvalue weighted by molar-refractivity contribution is 0.532. The van der Waals surface area contributed by atoms with E-state index in [9.17, 15) is 0 Å². The van der Waals surface area contributed by atoms with Crippen molar-refractivity contribution in [3.8, 4) is 11.3 Å². The molecule has 5 nitrogen and oxygen atoms in total. The van der Waals surface area contributed by atoms with E-state index < -0.39 is 0 Å². The number of hydrogen-bond donors (Lipinski definition) is 2. The molecular weight excluding hydrogens is 418 g/mol. The zero-order valence-corrected chi connectivity index (χ0v) is 21.4. The summed E-state index contributed by atoms with van der Waals surface area (Å²) < 4.78 is 1.86. The molecule has 2 unspecified atom stereocenters. The maximum absolute atomic E-state index is 4.73. The van der Waals surface area contributed by atoms with E-state index in [1.807, 2.05) is 37.7 Å². The van der Waals surface area contributed by atoms with E-state index in [4.69, 9.17) is 5.10 Å². The lowest BCUT2D eigenvalue weighted by Crippen LogP contribution is -2.03. The Labute approximate surface area is 204 Å². The van der Waals surface area contributed by atoms with Crippen molar-refractivity contribution < 1.29 is 0 Å². The lowest BCUT2D eigenvalue weighted by atomic mass is 9.97. The molecule has 0 aliphatic heterocycles. The van der Waals surface area contributed by atoms with Crippen LogP contribution in [0.1, 0.15) is 74.9 Å². The van der Waals surface area contributed by atoms with Gasteiger partial charge in [0.05, 0.1) is 17.1 Å². The Balaban J connectivity index is 0.00000158. The summed E-state index contributed by atoms with van der Waals surface area (Å²) in [5.74, 6) is 2.07. The number of benzene rings is 1. The Morgan fingerprint density at radius 2 is 2.00 bits per heavy atom. The molecule has 1 aliphatic rings. The monoisotopic (exact) mass is 457 g/mol. The molecule has 3 aromatic rings. The molecule has 0 amide bonds. The highest BCUT2D eigenvalue weighted by Gasteiger charge is 2.27. The number of H-pyrrole nitrogens is 1. The summed E-state index contributed by atoms with van der Waals surface area (Å²) in [7, 11) is 1.94. The van der Waals surface area contributed by atoms with Gasteiger partial charge in [-0.2, -0.15) is 10.2 Å². The average molecular weight is 458 g/mol. The number of anilines is 1. The van der Waals surface area contributed by atoms with Gasteiger partial charge in [0, 0.05) is 30.3 Å². The van der Waals surface area contributed by atoms with Gasteiger partial charge in [-0.25, -0.2) is 0 Å². The average Bonchev–Trinajstić information content (AvgIpc) is 3.55. The second kappa shape index (κ2) is 11.2. The van der Waals surface area contributed by atoms with Gasteiger partial charge >= 0.3 is 0 Å². The van der Waals surface area contributed by atoms with Crippen LogP contribution in [0.2, 0.25) is 0 Å². The van der Waals surface area contributed by atoms with Crippen molar-refractivity contribution in [2.75, 3.05) is 5.32 Å². The molecule has 2 N–H and O–H groups in total. The molecule has 2 aromatic heterocycles. The number of nitrogens with one attached hydrogen (secondary N) is 2. The molecule has 180 valence electrons. The molecule has 2 heterocycles. The summed E-state index contributed by atoms with van der Waals surface area (Å²) in [6, 6.07) is 10.4. The minimum absolute atomic E-state index is 0.541. The van der Waals surface area contributed by atoms with Crippen molar-refractivity contribution in [1.29, 1.82) is 0 Å². The van der Waals surface area contributed by atoms with Gasteiger partial charge in [-0.15, -0.1) is 6.58 Å².